The van der Waals surface area contributed by atoms with Gasteiger partial charge in [0.15, 0.2) is 0 Å². The lowest BCUT2D eigenvalue weighted by atomic mass is 10.1. The van der Waals surface area contributed by atoms with Crippen LogP contribution in [0, 0.1) is 0 Å². The largest absolute Gasteiger partial charge is 0.319 e. The second-order valence-electron chi connectivity index (χ2n) is 5.34. The minimum Gasteiger partial charge on any atom is -0.319 e. The fourth-order valence-electron chi connectivity index (χ4n) is 2.31. The summed E-state index contributed by atoms with van der Waals surface area (Å²) in [6.45, 7) is 3.54. The summed E-state index contributed by atoms with van der Waals surface area (Å²) < 4.78 is 27.0. The Hall–Kier alpha value is -0.910. The fourth-order valence-corrected chi connectivity index (χ4v) is 4.09. The number of likely N-dealkylation sites (N-methyl/N-ethyl adjacent to an activating group) is 1. The highest BCUT2D eigenvalue weighted by Gasteiger charge is 2.37. The number of nitrogens with one attached hydrogen (secondary N) is 1. The van der Waals surface area contributed by atoms with Crippen molar-refractivity contribution in [2.45, 2.75) is 43.5 Å². The molecule has 1 fully saturated rings. The van der Waals surface area contributed by atoms with E-state index in [0.717, 1.165) is 37.8 Å². The van der Waals surface area contributed by atoms with Gasteiger partial charge in [0.1, 0.15) is 0 Å². The first-order valence-electron chi connectivity index (χ1n) is 7.35. The van der Waals surface area contributed by atoms with Crippen LogP contribution in [0.4, 0.5) is 0 Å². The van der Waals surface area contributed by atoms with Gasteiger partial charge >= 0.3 is 0 Å². The molecule has 112 valence electrons. The van der Waals surface area contributed by atoms with E-state index in [4.69, 9.17) is 0 Å². The van der Waals surface area contributed by atoms with Gasteiger partial charge < -0.3 is 5.32 Å². The van der Waals surface area contributed by atoms with Crippen molar-refractivity contribution in [1.29, 1.82) is 0 Å². The second kappa shape index (κ2) is 6.70. The Morgan fingerprint density at radius 3 is 2.40 bits per heavy atom. The quantitative estimate of drug-likeness (QED) is 0.798. The average molecular weight is 296 g/mol. The predicted octanol–water partition coefficient (Wildman–Crippen LogP) is 2.01. The van der Waals surface area contributed by atoms with Crippen molar-refractivity contribution < 1.29 is 8.42 Å². The highest BCUT2D eigenvalue weighted by atomic mass is 32.2. The van der Waals surface area contributed by atoms with E-state index in [1.165, 1.54) is 0 Å². The van der Waals surface area contributed by atoms with Crippen LogP contribution in [0.3, 0.4) is 0 Å². The maximum absolute atomic E-state index is 12.6. The molecular weight excluding hydrogens is 272 g/mol. The van der Waals surface area contributed by atoms with Gasteiger partial charge in [-0.25, -0.2) is 8.42 Å². The van der Waals surface area contributed by atoms with Crippen molar-refractivity contribution in [2.75, 3.05) is 20.1 Å². The number of sulfonamides is 1. The molecule has 1 aliphatic rings. The van der Waals surface area contributed by atoms with Crippen molar-refractivity contribution >= 4 is 10.0 Å². The summed E-state index contributed by atoms with van der Waals surface area (Å²) >= 11 is 0. The summed E-state index contributed by atoms with van der Waals surface area (Å²) in [6, 6.07) is 7.54. The molecule has 0 unspecified atom stereocenters. The van der Waals surface area contributed by atoms with E-state index in [9.17, 15) is 8.42 Å². The Morgan fingerprint density at radius 1 is 1.25 bits per heavy atom. The van der Waals surface area contributed by atoms with Gasteiger partial charge in [0.2, 0.25) is 10.0 Å². The smallest absolute Gasteiger partial charge is 0.243 e. The van der Waals surface area contributed by atoms with E-state index in [0.29, 0.717) is 11.4 Å². The summed E-state index contributed by atoms with van der Waals surface area (Å²) in [7, 11) is -1.41. The van der Waals surface area contributed by atoms with Gasteiger partial charge in [0.05, 0.1) is 4.90 Å². The Bertz CT molecular complexity index is 521. The van der Waals surface area contributed by atoms with Crippen LogP contribution in [-0.4, -0.2) is 38.9 Å². The van der Waals surface area contributed by atoms with Gasteiger partial charge in [-0.15, -0.1) is 0 Å². The topological polar surface area (TPSA) is 49.4 Å². The summed E-state index contributed by atoms with van der Waals surface area (Å²) in [5, 5.41) is 3.09. The SMILES string of the molecule is CCCN(C1CC1)S(=O)(=O)c1ccc(CCNC)cc1. The molecule has 1 aromatic carbocycles. The lowest BCUT2D eigenvalue weighted by molar-refractivity contribution is 0.403. The van der Waals surface area contributed by atoms with E-state index in [2.05, 4.69) is 5.32 Å². The normalized spacial score (nSPS) is 15.8. The molecule has 0 aliphatic heterocycles. The Labute approximate surface area is 122 Å². The Morgan fingerprint density at radius 2 is 1.90 bits per heavy atom. The van der Waals surface area contributed by atoms with E-state index < -0.39 is 10.0 Å². The van der Waals surface area contributed by atoms with Crippen molar-refractivity contribution in [1.82, 2.24) is 9.62 Å². The molecular formula is C15H24N2O2S. The molecule has 0 bridgehead atoms. The highest BCUT2D eigenvalue weighted by Crippen LogP contribution is 2.32. The fraction of sp³-hybridized carbons (Fsp3) is 0.600. The molecule has 20 heavy (non-hydrogen) atoms. The molecule has 0 amide bonds. The van der Waals surface area contributed by atoms with Gasteiger partial charge in [0, 0.05) is 12.6 Å². The summed E-state index contributed by atoms with van der Waals surface area (Å²) in [5.41, 5.74) is 1.16. The van der Waals surface area contributed by atoms with E-state index >= 15 is 0 Å². The standard InChI is InChI=1S/C15H24N2O2S/c1-3-12-17(14-6-7-14)20(18,19)15-8-4-13(5-9-15)10-11-16-2/h4-5,8-9,14,16H,3,6-7,10-12H2,1-2H3. The molecule has 0 saturated heterocycles. The molecule has 0 radical (unpaired) electrons. The highest BCUT2D eigenvalue weighted by molar-refractivity contribution is 7.89. The third kappa shape index (κ3) is 3.59. The van der Waals surface area contributed by atoms with Crippen molar-refractivity contribution in [2.24, 2.45) is 0 Å². The predicted molar refractivity (Wildman–Crippen MR) is 81.3 cm³/mol. The number of hydrogen-bond acceptors (Lipinski definition) is 3. The first-order chi connectivity index (χ1) is 9.59. The minimum atomic E-state index is -3.32. The van der Waals surface area contributed by atoms with Crippen LogP contribution >= 0.6 is 0 Å². The van der Waals surface area contributed by atoms with Crippen LogP contribution in [0.5, 0.6) is 0 Å². The van der Waals surface area contributed by atoms with Gasteiger partial charge in [-0.05, 0) is 57.0 Å². The zero-order valence-electron chi connectivity index (χ0n) is 12.3. The van der Waals surface area contributed by atoms with Crippen LogP contribution in [0.15, 0.2) is 29.2 Å². The molecule has 1 saturated carbocycles. The van der Waals surface area contributed by atoms with Gasteiger partial charge in [0.25, 0.3) is 0 Å². The maximum atomic E-state index is 12.6. The zero-order chi connectivity index (χ0) is 14.6. The third-order valence-corrected chi connectivity index (χ3v) is 5.56. The van der Waals surface area contributed by atoms with Crippen molar-refractivity contribution in [3.8, 4) is 0 Å². The number of benzene rings is 1. The molecule has 0 heterocycles. The number of nitrogens with zero attached hydrogens (tertiary/aromatic N) is 1. The number of rotatable bonds is 8. The molecule has 1 aliphatic carbocycles. The molecule has 4 nitrogen and oxygen atoms in total. The molecule has 0 aromatic heterocycles. The van der Waals surface area contributed by atoms with E-state index in [1.54, 1.807) is 16.4 Å². The van der Waals surface area contributed by atoms with Gasteiger partial charge in [-0.2, -0.15) is 4.31 Å². The lowest BCUT2D eigenvalue weighted by Gasteiger charge is -2.21. The molecule has 0 spiro atoms. The van der Waals surface area contributed by atoms with Crippen LogP contribution in [-0.2, 0) is 16.4 Å². The minimum absolute atomic E-state index is 0.226. The first kappa shape index (κ1) is 15.5. The van der Waals surface area contributed by atoms with E-state index in [1.807, 2.05) is 26.1 Å². The average Bonchev–Trinajstić information content (AvgIpc) is 3.27. The molecule has 0 atom stereocenters. The molecule has 1 N–H and O–H groups in total. The monoisotopic (exact) mass is 296 g/mol. The lowest BCUT2D eigenvalue weighted by Crippen LogP contribution is -2.33. The molecule has 5 heteroatoms. The molecule has 2 rings (SSSR count). The van der Waals surface area contributed by atoms with Crippen LogP contribution in [0.2, 0.25) is 0 Å². The maximum Gasteiger partial charge on any atom is 0.243 e. The third-order valence-electron chi connectivity index (χ3n) is 3.59. The van der Waals surface area contributed by atoms with Crippen LogP contribution in [0.25, 0.3) is 0 Å². The van der Waals surface area contributed by atoms with Crippen LogP contribution < -0.4 is 5.32 Å². The van der Waals surface area contributed by atoms with Crippen molar-refractivity contribution in [3.05, 3.63) is 29.8 Å². The van der Waals surface area contributed by atoms with E-state index in [-0.39, 0.29) is 6.04 Å². The van der Waals surface area contributed by atoms with Crippen molar-refractivity contribution in [3.63, 3.8) is 0 Å². The summed E-state index contributed by atoms with van der Waals surface area (Å²) in [4.78, 5) is 0.422. The van der Waals surface area contributed by atoms with Gasteiger partial charge in [-0.1, -0.05) is 19.1 Å². The Kier molecular flexibility index (Phi) is 5.18. The number of hydrogen-bond donors (Lipinski definition) is 1. The molecule has 1 aromatic rings. The first-order valence-corrected chi connectivity index (χ1v) is 8.79. The summed E-state index contributed by atoms with van der Waals surface area (Å²) in [5.74, 6) is 0. The Balaban J connectivity index is 2.15. The van der Waals surface area contributed by atoms with Crippen LogP contribution in [0.1, 0.15) is 31.7 Å². The summed E-state index contributed by atoms with van der Waals surface area (Å²) in [6.07, 6.45) is 3.77. The van der Waals surface area contributed by atoms with Gasteiger partial charge in [-0.3, -0.25) is 0 Å². The second-order valence-corrected chi connectivity index (χ2v) is 7.23. The zero-order valence-corrected chi connectivity index (χ0v) is 13.1.